The number of carbonyl (C=O) groups excluding carboxylic acids is 1. The van der Waals surface area contributed by atoms with Gasteiger partial charge < -0.3 is 19.5 Å². The van der Waals surface area contributed by atoms with E-state index in [2.05, 4.69) is 31.1 Å². The van der Waals surface area contributed by atoms with Gasteiger partial charge in [-0.25, -0.2) is 9.48 Å². The van der Waals surface area contributed by atoms with Crippen LogP contribution < -0.4 is 14.8 Å². The van der Waals surface area contributed by atoms with Crippen molar-refractivity contribution in [2.45, 2.75) is 58.3 Å². The Hall–Kier alpha value is -3.46. The summed E-state index contributed by atoms with van der Waals surface area (Å²) < 4.78 is 19.2. The SMILES string of the molecule is CCCSc1nc2n(n1)C(c1ccc(OCCC(C)C)c(OC)c1)C(C(=O)OCc1ccccc1)=C(C)N2. The molecule has 1 atom stereocenters. The maximum atomic E-state index is 13.5. The van der Waals surface area contributed by atoms with E-state index in [0.717, 1.165) is 29.7 Å². The highest BCUT2D eigenvalue weighted by Crippen LogP contribution is 2.40. The summed E-state index contributed by atoms with van der Waals surface area (Å²) in [6.45, 7) is 9.09. The van der Waals surface area contributed by atoms with Gasteiger partial charge in [-0.15, -0.1) is 5.10 Å². The fourth-order valence-corrected chi connectivity index (χ4v) is 4.82. The number of rotatable bonds is 12. The molecule has 2 heterocycles. The molecule has 4 rings (SSSR count). The Kier molecular flexibility index (Phi) is 9.33. The third-order valence-electron chi connectivity index (χ3n) is 6.16. The molecular weight excluding hydrogens is 500 g/mol. The van der Waals surface area contributed by atoms with Gasteiger partial charge in [0.15, 0.2) is 11.5 Å². The minimum Gasteiger partial charge on any atom is -0.493 e. The number of allylic oxidation sites excluding steroid dienone is 1. The van der Waals surface area contributed by atoms with Crippen molar-refractivity contribution < 1.29 is 19.0 Å². The van der Waals surface area contributed by atoms with Gasteiger partial charge in [-0.1, -0.05) is 68.9 Å². The van der Waals surface area contributed by atoms with Gasteiger partial charge in [-0.3, -0.25) is 0 Å². The van der Waals surface area contributed by atoms with Gasteiger partial charge in [-0.05, 0) is 48.9 Å². The quantitative estimate of drug-likeness (QED) is 0.215. The summed E-state index contributed by atoms with van der Waals surface area (Å²) in [6, 6.07) is 14.8. The van der Waals surface area contributed by atoms with Crippen LogP contribution in [-0.4, -0.2) is 40.2 Å². The van der Waals surface area contributed by atoms with E-state index in [0.29, 0.717) is 46.4 Å². The van der Waals surface area contributed by atoms with E-state index < -0.39 is 12.0 Å². The van der Waals surface area contributed by atoms with E-state index >= 15 is 0 Å². The Balaban J connectivity index is 1.69. The molecule has 1 aliphatic rings. The number of nitrogens with one attached hydrogen (secondary N) is 1. The summed E-state index contributed by atoms with van der Waals surface area (Å²) in [5.41, 5.74) is 2.89. The lowest BCUT2D eigenvalue weighted by Gasteiger charge is -2.28. The molecule has 38 heavy (non-hydrogen) atoms. The van der Waals surface area contributed by atoms with Crippen molar-refractivity contribution in [3.63, 3.8) is 0 Å². The number of esters is 1. The molecule has 9 heteroatoms. The van der Waals surface area contributed by atoms with E-state index in [-0.39, 0.29) is 6.61 Å². The lowest BCUT2D eigenvalue weighted by atomic mass is 9.95. The molecule has 0 saturated carbocycles. The maximum absolute atomic E-state index is 13.5. The van der Waals surface area contributed by atoms with Crippen molar-refractivity contribution in [1.29, 1.82) is 0 Å². The normalized spacial score (nSPS) is 14.7. The summed E-state index contributed by atoms with van der Waals surface area (Å²) in [5.74, 6) is 2.88. The van der Waals surface area contributed by atoms with Crippen LogP contribution in [0.3, 0.4) is 0 Å². The van der Waals surface area contributed by atoms with Crippen LogP contribution in [0.15, 0.2) is 65.0 Å². The van der Waals surface area contributed by atoms with Crippen LogP contribution in [0.2, 0.25) is 0 Å². The number of ether oxygens (including phenoxy) is 3. The van der Waals surface area contributed by atoms with Gasteiger partial charge in [0.1, 0.15) is 12.6 Å². The monoisotopic (exact) mass is 536 g/mol. The molecular formula is C29H36N4O4S. The predicted molar refractivity (Wildman–Crippen MR) is 150 cm³/mol. The average molecular weight is 537 g/mol. The maximum Gasteiger partial charge on any atom is 0.338 e. The number of nitrogens with zero attached hydrogens (tertiary/aromatic N) is 3. The number of carbonyl (C=O) groups is 1. The highest BCUT2D eigenvalue weighted by molar-refractivity contribution is 7.99. The average Bonchev–Trinajstić information content (AvgIpc) is 3.32. The van der Waals surface area contributed by atoms with Gasteiger partial charge in [0.25, 0.3) is 0 Å². The largest absolute Gasteiger partial charge is 0.493 e. The van der Waals surface area contributed by atoms with Crippen LogP contribution in [-0.2, 0) is 16.1 Å². The topological polar surface area (TPSA) is 87.5 Å². The highest BCUT2D eigenvalue weighted by atomic mass is 32.2. The summed E-state index contributed by atoms with van der Waals surface area (Å²) in [6.07, 6.45) is 1.95. The van der Waals surface area contributed by atoms with Gasteiger partial charge in [0, 0.05) is 11.4 Å². The van der Waals surface area contributed by atoms with Crippen molar-refractivity contribution >= 4 is 23.7 Å². The highest BCUT2D eigenvalue weighted by Gasteiger charge is 2.36. The van der Waals surface area contributed by atoms with Gasteiger partial charge in [0.2, 0.25) is 11.1 Å². The van der Waals surface area contributed by atoms with Crippen LogP contribution in [0.4, 0.5) is 5.95 Å². The lowest BCUT2D eigenvalue weighted by molar-refractivity contribution is -0.140. The third-order valence-corrected chi connectivity index (χ3v) is 7.20. The van der Waals surface area contributed by atoms with E-state index in [1.165, 1.54) is 0 Å². The first-order chi connectivity index (χ1) is 18.4. The van der Waals surface area contributed by atoms with Crippen LogP contribution in [0, 0.1) is 5.92 Å². The molecule has 1 aromatic heterocycles. The van der Waals surface area contributed by atoms with Gasteiger partial charge in [0.05, 0.1) is 19.3 Å². The number of hydrogen-bond acceptors (Lipinski definition) is 8. The van der Waals surface area contributed by atoms with E-state index in [1.807, 2.05) is 55.5 Å². The fourth-order valence-electron chi connectivity index (χ4n) is 4.14. The van der Waals surface area contributed by atoms with E-state index in [1.54, 1.807) is 23.6 Å². The van der Waals surface area contributed by atoms with Crippen molar-refractivity contribution in [3.05, 3.63) is 70.9 Å². The molecule has 0 spiro atoms. The number of anilines is 1. The van der Waals surface area contributed by atoms with Crippen LogP contribution in [0.5, 0.6) is 11.5 Å². The summed E-state index contributed by atoms with van der Waals surface area (Å²) in [4.78, 5) is 18.2. The molecule has 0 radical (unpaired) electrons. The van der Waals surface area contributed by atoms with Gasteiger partial charge >= 0.3 is 5.97 Å². The molecule has 1 aliphatic heterocycles. The molecule has 1 unspecified atom stereocenters. The van der Waals surface area contributed by atoms with Crippen LogP contribution in [0.25, 0.3) is 0 Å². The number of fused-ring (bicyclic) bond motifs is 1. The molecule has 0 aliphatic carbocycles. The molecule has 2 aromatic carbocycles. The van der Waals surface area contributed by atoms with Crippen molar-refractivity contribution in [1.82, 2.24) is 14.8 Å². The van der Waals surface area contributed by atoms with E-state index in [9.17, 15) is 4.79 Å². The minimum atomic E-state index is -0.545. The van der Waals surface area contributed by atoms with E-state index in [4.69, 9.17) is 19.3 Å². The molecule has 202 valence electrons. The van der Waals surface area contributed by atoms with Crippen LogP contribution in [0.1, 0.15) is 57.7 Å². The first-order valence-electron chi connectivity index (χ1n) is 13.0. The second-order valence-corrected chi connectivity index (χ2v) is 10.6. The summed E-state index contributed by atoms with van der Waals surface area (Å²) in [5, 5.41) is 8.69. The van der Waals surface area contributed by atoms with Crippen molar-refractivity contribution in [2.75, 3.05) is 24.8 Å². The van der Waals surface area contributed by atoms with Crippen molar-refractivity contribution in [2.24, 2.45) is 5.92 Å². The number of methoxy groups -OCH3 is 1. The summed E-state index contributed by atoms with van der Waals surface area (Å²) in [7, 11) is 1.62. The molecule has 0 saturated heterocycles. The number of aromatic nitrogens is 3. The molecule has 3 aromatic rings. The first-order valence-corrected chi connectivity index (χ1v) is 14.0. The lowest BCUT2D eigenvalue weighted by Crippen LogP contribution is -2.29. The Morgan fingerprint density at radius 2 is 1.95 bits per heavy atom. The zero-order valence-electron chi connectivity index (χ0n) is 22.7. The molecule has 8 nitrogen and oxygen atoms in total. The zero-order valence-corrected chi connectivity index (χ0v) is 23.5. The first kappa shape index (κ1) is 27.6. The predicted octanol–water partition coefficient (Wildman–Crippen LogP) is 6.25. The smallest absolute Gasteiger partial charge is 0.338 e. The number of hydrogen-bond donors (Lipinski definition) is 1. The number of benzene rings is 2. The Bertz CT molecular complexity index is 1270. The Labute approximate surface area is 228 Å². The zero-order chi connectivity index (χ0) is 27.1. The third kappa shape index (κ3) is 6.51. The number of thioether (sulfide) groups is 1. The molecule has 0 fully saturated rings. The second kappa shape index (κ2) is 12.9. The van der Waals surface area contributed by atoms with Crippen molar-refractivity contribution in [3.8, 4) is 11.5 Å². The Morgan fingerprint density at radius 3 is 2.66 bits per heavy atom. The van der Waals surface area contributed by atoms with Crippen LogP contribution >= 0.6 is 11.8 Å². The standard InChI is InChI=1S/C29H36N4O4S/c1-6-16-38-29-31-28-30-20(4)25(27(34)37-18-21-10-8-7-9-11-21)26(33(28)32-29)22-12-13-23(24(17-22)35-5)36-15-14-19(2)3/h7-13,17,19,26H,6,14-16,18H2,1-5H3,(H,30,31,32). The minimum absolute atomic E-state index is 0.178. The molecule has 0 bridgehead atoms. The molecule has 0 amide bonds. The fraction of sp³-hybridized carbons (Fsp3) is 0.414. The summed E-state index contributed by atoms with van der Waals surface area (Å²) >= 11 is 1.59. The molecule has 1 N–H and O–H groups in total. The Morgan fingerprint density at radius 1 is 1.16 bits per heavy atom. The van der Waals surface area contributed by atoms with Gasteiger partial charge in [-0.2, -0.15) is 4.98 Å². The second-order valence-electron chi connectivity index (χ2n) is 9.58.